The van der Waals surface area contributed by atoms with Gasteiger partial charge < -0.3 is 5.73 Å². The zero-order chi connectivity index (χ0) is 18.8. The van der Waals surface area contributed by atoms with Gasteiger partial charge in [0, 0.05) is 11.3 Å². The van der Waals surface area contributed by atoms with Crippen LogP contribution in [0.3, 0.4) is 0 Å². The quantitative estimate of drug-likeness (QED) is 0.512. The summed E-state index contributed by atoms with van der Waals surface area (Å²) < 4.78 is 47.5. The summed E-state index contributed by atoms with van der Waals surface area (Å²) in [5, 5.41) is 0. The van der Waals surface area contributed by atoms with Gasteiger partial charge in [0.15, 0.2) is 11.1 Å². The number of rotatable bonds is 8. The van der Waals surface area contributed by atoms with Crippen LogP contribution < -0.4 is 5.73 Å². The molecule has 0 aliphatic heterocycles. The lowest BCUT2D eigenvalue weighted by Crippen LogP contribution is -2.12. The number of hydrogen-bond acceptors (Lipinski definition) is 6. The van der Waals surface area contributed by atoms with Crippen LogP contribution in [0.25, 0.3) is 0 Å². The van der Waals surface area contributed by atoms with Crippen LogP contribution in [0.4, 0.5) is 0 Å². The Bertz CT molecular complexity index is 659. The van der Waals surface area contributed by atoms with E-state index in [-0.39, 0.29) is 19.1 Å². The Morgan fingerprint density at radius 1 is 1.25 bits per heavy atom. The molecule has 0 aliphatic rings. The second-order valence-electron chi connectivity index (χ2n) is 4.74. The van der Waals surface area contributed by atoms with Gasteiger partial charge in [-0.3, -0.25) is 13.5 Å². The predicted molar refractivity (Wildman–Crippen MR) is 91.2 cm³/mol. The first kappa shape index (κ1) is 22.7. The zero-order valence-corrected chi connectivity index (χ0v) is 15.5. The smallest absolute Gasteiger partial charge is 0.366 e. The third-order valence-corrected chi connectivity index (χ3v) is 4.33. The molecule has 0 bridgehead atoms. The minimum Gasteiger partial charge on any atom is -0.366 e. The largest absolute Gasteiger partial charge is 0.397 e. The SMILES string of the molecule is CCCS(=O)OCCOS(=O)(=O)O.Cc1ccc(C(N)=O)cc1C. The lowest BCUT2D eigenvalue weighted by molar-refractivity contribution is 0.1000. The monoisotopic (exact) mass is 381 g/mol. The number of hydrogen-bond donors (Lipinski definition) is 2. The Morgan fingerprint density at radius 3 is 2.33 bits per heavy atom. The van der Waals surface area contributed by atoms with Crippen LogP contribution in [0.1, 0.15) is 34.8 Å². The molecule has 0 aromatic heterocycles. The number of carbonyl (C=O) groups excluding carboxylic acids is 1. The maximum atomic E-state index is 10.8. The Morgan fingerprint density at radius 2 is 1.88 bits per heavy atom. The minimum absolute atomic E-state index is 0.133. The molecule has 0 spiro atoms. The average Bonchev–Trinajstić information content (AvgIpc) is 2.46. The number of primary amides is 1. The molecule has 1 rings (SSSR count). The summed E-state index contributed by atoms with van der Waals surface area (Å²) in [6.07, 6.45) is 0.714. The van der Waals surface area contributed by atoms with Gasteiger partial charge in [-0.25, -0.2) is 8.39 Å². The van der Waals surface area contributed by atoms with Crippen LogP contribution in [-0.4, -0.2) is 42.1 Å². The number of aryl methyl sites for hydroxylation is 2. The fourth-order valence-electron chi connectivity index (χ4n) is 1.39. The van der Waals surface area contributed by atoms with Gasteiger partial charge in [-0.2, -0.15) is 8.42 Å². The number of amides is 1. The third kappa shape index (κ3) is 11.2. The summed E-state index contributed by atoms with van der Waals surface area (Å²) in [7, 11) is -4.41. The highest BCUT2D eigenvalue weighted by Gasteiger charge is 2.04. The number of benzene rings is 1. The number of nitrogens with two attached hydrogens (primary N) is 1. The normalized spacial score (nSPS) is 12.2. The van der Waals surface area contributed by atoms with E-state index in [0.717, 1.165) is 5.56 Å². The topological polar surface area (TPSA) is 133 Å². The van der Waals surface area contributed by atoms with Gasteiger partial charge in [-0.05, 0) is 43.5 Å². The molecule has 1 aromatic rings. The molecule has 3 N–H and O–H groups in total. The summed E-state index contributed by atoms with van der Waals surface area (Å²) >= 11 is -1.40. The second kappa shape index (κ2) is 11.3. The summed E-state index contributed by atoms with van der Waals surface area (Å²) in [5.41, 5.74) is 7.95. The second-order valence-corrected chi connectivity index (χ2v) is 7.09. The van der Waals surface area contributed by atoms with E-state index in [1.807, 2.05) is 26.8 Å². The molecule has 1 amide bonds. The molecule has 0 saturated carbocycles. The molecule has 24 heavy (non-hydrogen) atoms. The van der Waals surface area contributed by atoms with Crippen LogP contribution >= 0.6 is 0 Å². The Labute approximate surface area is 145 Å². The van der Waals surface area contributed by atoms with Gasteiger partial charge in [-0.15, -0.1) is 0 Å². The van der Waals surface area contributed by atoms with Crippen molar-refractivity contribution >= 4 is 27.4 Å². The van der Waals surface area contributed by atoms with Crippen LogP contribution in [0.2, 0.25) is 0 Å². The van der Waals surface area contributed by atoms with Crippen LogP contribution in [-0.2, 0) is 29.8 Å². The Kier molecular flexibility index (Phi) is 10.6. The predicted octanol–water partition coefficient (Wildman–Crippen LogP) is 1.30. The molecule has 0 saturated heterocycles. The first-order valence-corrected chi connectivity index (χ1v) is 9.68. The van der Waals surface area contributed by atoms with Crippen molar-refractivity contribution in [2.45, 2.75) is 27.2 Å². The van der Waals surface area contributed by atoms with E-state index in [0.29, 0.717) is 17.7 Å². The van der Waals surface area contributed by atoms with E-state index >= 15 is 0 Å². The van der Waals surface area contributed by atoms with Crippen molar-refractivity contribution in [1.82, 2.24) is 0 Å². The van der Waals surface area contributed by atoms with E-state index in [1.54, 1.807) is 12.1 Å². The van der Waals surface area contributed by atoms with Crippen molar-refractivity contribution in [1.29, 1.82) is 0 Å². The first-order valence-electron chi connectivity index (χ1n) is 7.07. The van der Waals surface area contributed by atoms with Gasteiger partial charge in [0.25, 0.3) is 0 Å². The standard InChI is InChI=1S/C9H11NO.C5H12O6S2/c1-6-3-4-8(9(10)11)5-7(6)2;1-2-5-12(6)10-3-4-11-13(7,8)9/h3-5H,1-2H3,(H2,10,11);2-5H2,1H3,(H,7,8,9). The molecule has 0 heterocycles. The first-order chi connectivity index (χ1) is 11.1. The van der Waals surface area contributed by atoms with Gasteiger partial charge in [0.2, 0.25) is 5.91 Å². The molecular weight excluding hydrogens is 358 g/mol. The summed E-state index contributed by atoms with van der Waals surface area (Å²) in [4.78, 5) is 10.7. The summed E-state index contributed by atoms with van der Waals surface area (Å²) in [5.74, 6) is 0.0272. The lowest BCUT2D eigenvalue weighted by atomic mass is 10.1. The van der Waals surface area contributed by atoms with Crippen molar-refractivity contribution in [2.75, 3.05) is 19.0 Å². The number of carbonyl (C=O) groups is 1. The molecular formula is C14H23NO7S2. The molecule has 0 aliphatic carbocycles. The molecule has 1 unspecified atom stereocenters. The molecule has 10 heteroatoms. The zero-order valence-electron chi connectivity index (χ0n) is 13.9. The summed E-state index contributed by atoms with van der Waals surface area (Å²) in [6.45, 7) is 5.33. The van der Waals surface area contributed by atoms with Gasteiger partial charge in [0.1, 0.15) is 0 Å². The van der Waals surface area contributed by atoms with E-state index in [9.17, 15) is 17.4 Å². The molecule has 8 nitrogen and oxygen atoms in total. The molecule has 1 atom stereocenters. The van der Waals surface area contributed by atoms with E-state index in [1.165, 1.54) is 5.56 Å². The lowest BCUT2D eigenvalue weighted by Gasteiger charge is -2.01. The highest BCUT2D eigenvalue weighted by molar-refractivity contribution is 7.81. The van der Waals surface area contributed by atoms with Crippen molar-refractivity contribution in [3.05, 3.63) is 34.9 Å². The van der Waals surface area contributed by atoms with Crippen molar-refractivity contribution < 1.29 is 30.3 Å². The van der Waals surface area contributed by atoms with Crippen LogP contribution in [0.5, 0.6) is 0 Å². The van der Waals surface area contributed by atoms with Crippen molar-refractivity contribution in [3.63, 3.8) is 0 Å². The summed E-state index contributed by atoms with van der Waals surface area (Å²) in [6, 6.07) is 5.44. The maximum Gasteiger partial charge on any atom is 0.397 e. The van der Waals surface area contributed by atoms with E-state index in [2.05, 4.69) is 8.37 Å². The minimum atomic E-state index is -4.41. The van der Waals surface area contributed by atoms with Crippen LogP contribution in [0, 0.1) is 13.8 Å². The van der Waals surface area contributed by atoms with Crippen molar-refractivity contribution in [2.24, 2.45) is 5.73 Å². The fraction of sp³-hybridized carbons (Fsp3) is 0.500. The molecule has 1 aromatic carbocycles. The molecule has 0 fully saturated rings. The maximum absolute atomic E-state index is 10.8. The highest BCUT2D eigenvalue weighted by Crippen LogP contribution is 2.08. The fourth-order valence-corrected chi connectivity index (χ4v) is 2.37. The van der Waals surface area contributed by atoms with Gasteiger partial charge in [0.05, 0.1) is 13.2 Å². The average molecular weight is 381 g/mol. The highest BCUT2D eigenvalue weighted by atomic mass is 32.3. The Balaban J connectivity index is 0.000000446. The van der Waals surface area contributed by atoms with E-state index < -0.39 is 21.5 Å². The van der Waals surface area contributed by atoms with Crippen LogP contribution in [0.15, 0.2) is 18.2 Å². The molecule has 138 valence electrons. The third-order valence-electron chi connectivity index (χ3n) is 2.69. The van der Waals surface area contributed by atoms with Gasteiger partial charge >= 0.3 is 10.4 Å². The van der Waals surface area contributed by atoms with Gasteiger partial charge in [-0.1, -0.05) is 13.0 Å². The molecule has 0 radical (unpaired) electrons. The Hall–Kier alpha value is -1.33. The van der Waals surface area contributed by atoms with E-state index in [4.69, 9.17) is 10.3 Å². The van der Waals surface area contributed by atoms with Crippen molar-refractivity contribution in [3.8, 4) is 0 Å².